The molecule has 1 atom stereocenters. The summed E-state index contributed by atoms with van der Waals surface area (Å²) in [6.45, 7) is 0.788. The van der Waals surface area contributed by atoms with Gasteiger partial charge in [0.15, 0.2) is 5.60 Å². The standard InChI is InChI=1S/C22H21N3O3S/c23-21(27)22(14-16-3-5-17(6-4-16)19-2-1-13-29-19)15-25(11-12-28-22)20(26)18-7-9-24-10-8-18/h1-10,13H,11-12,14-15H2,(H2,23,27)/t22-/m1/s1. The van der Waals surface area contributed by atoms with E-state index in [9.17, 15) is 9.59 Å². The highest BCUT2D eigenvalue weighted by Gasteiger charge is 2.43. The van der Waals surface area contributed by atoms with Crippen LogP contribution in [0, 0.1) is 0 Å². The molecule has 29 heavy (non-hydrogen) atoms. The van der Waals surface area contributed by atoms with Gasteiger partial charge >= 0.3 is 0 Å². The molecule has 1 saturated heterocycles. The van der Waals surface area contributed by atoms with Crippen LogP contribution < -0.4 is 5.73 Å². The number of nitrogens with zero attached hydrogens (tertiary/aromatic N) is 2. The summed E-state index contributed by atoms with van der Waals surface area (Å²) in [6.07, 6.45) is 3.46. The maximum absolute atomic E-state index is 12.8. The minimum Gasteiger partial charge on any atom is -0.367 e. The molecule has 1 aliphatic rings. The summed E-state index contributed by atoms with van der Waals surface area (Å²) in [7, 11) is 0. The van der Waals surface area contributed by atoms with Gasteiger partial charge in [-0.1, -0.05) is 30.3 Å². The zero-order valence-electron chi connectivity index (χ0n) is 15.8. The van der Waals surface area contributed by atoms with Crippen LogP contribution in [0.5, 0.6) is 0 Å². The second-order valence-electron chi connectivity index (χ2n) is 7.02. The zero-order valence-corrected chi connectivity index (χ0v) is 16.6. The first-order valence-corrected chi connectivity index (χ1v) is 10.2. The number of pyridine rings is 1. The van der Waals surface area contributed by atoms with Gasteiger partial charge < -0.3 is 15.4 Å². The number of rotatable bonds is 5. The van der Waals surface area contributed by atoms with E-state index in [-0.39, 0.29) is 19.1 Å². The van der Waals surface area contributed by atoms with E-state index in [2.05, 4.69) is 11.1 Å². The first-order chi connectivity index (χ1) is 14.1. The van der Waals surface area contributed by atoms with E-state index in [4.69, 9.17) is 10.5 Å². The van der Waals surface area contributed by atoms with Gasteiger partial charge in [-0.3, -0.25) is 14.6 Å². The average molecular weight is 407 g/mol. The largest absolute Gasteiger partial charge is 0.367 e. The van der Waals surface area contributed by atoms with Crippen LogP contribution in [0.25, 0.3) is 10.4 Å². The SMILES string of the molecule is NC(=O)[C@@]1(Cc2ccc(-c3cccs3)cc2)CN(C(=O)c2ccncc2)CCO1. The molecule has 1 aliphatic heterocycles. The molecular weight excluding hydrogens is 386 g/mol. The van der Waals surface area contributed by atoms with Gasteiger partial charge in [0.2, 0.25) is 0 Å². The molecular formula is C22H21N3O3S. The molecule has 4 rings (SSSR count). The Balaban J connectivity index is 1.54. The molecule has 2 aromatic heterocycles. The van der Waals surface area contributed by atoms with Crippen LogP contribution in [0.15, 0.2) is 66.3 Å². The van der Waals surface area contributed by atoms with Crippen molar-refractivity contribution in [2.75, 3.05) is 19.7 Å². The first-order valence-electron chi connectivity index (χ1n) is 9.33. The number of benzene rings is 1. The van der Waals surface area contributed by atoms with E-state index in [1.165, 1.54) is 4.88 Å². The van der Waals surface area contributed by atoms with Gasteiger partial charge in [-0.25, -0.2) is 0 Å². The van der Waals surface area contributed by atoms with Crippen molar-refractivity contribution in [1.29, 1.82) is 0 Å². The monoisotopic (exact) mass is 407 g/mol. The molecule has 1 aromatic carbocycles. The van der Waals surface area contributed by atoms with Crippen LogP contribution >= 0.6 is 11.3 Å². The fraction of sp³-hybridized carbons (Fsp3) is 0.227. The van der Waals surface area contributed by atoms with Gasteiger partial charge in [0.05, 0.1) is 13.2 Å². The quantitative estimate of drug-likeness (QED) is 0.705. The van der Waals surface area contributed by atoms with E-state index in [0.717, 1.165) is 11.1 Å². The maximum atomic E-state index is 12.8. The Kier molecular flexibility index (Phi) is 5.42. The molecule has 2 N–H and O–H groups in total. The van der Waals surface area contributed by atoms with Crippen molar-refractivity contribution < 1.29 is 14.3 Å². The number of aromatic nitrogens is 1. The van der Waals surface area contributed by atoms with Gasteiger partial charge in [0.1, 0.15) is 0 Å². The Labute approximate surface area is 172 Å². The van der Waals surface area contributed by atoms with E-state index in [0.29, 0.717) is 18.5 Å². The highest BCUT2D eigenvalue weighted by molar-refractivity contribution is 7.13. The van der Waals surface area contributed by atoms with Gasteiger partial charge in [0.25, 0.3) is 11.8 Å². The van der Waals surface area contributed by atoms with E-state index in [1.54, 1.807) is 40.8 Å². The number of nitrogens with two attached hydrogens (primary N) is 1. The van der Waals surface area contributed by atoms with Gasteiger partial charge in [-0.05, 0) is 34.7 Å². The lowest BCUT2D eigenvalue weighted by molar-refractivity contribution is -0.153. The van der Waals surface area contributed by atoms with Crippen molar-refractivity contribution in [3.63, 3.8) is 0 Å². The summed E-state index contributed by atoms with van der Waals surface area (Å²) in [4.78, 5) is 32.0. The number of ether oxygens (including phenoxy) is 1. The molecule has 0 unspecified atom stereocenters. The summed E-state index contributed by atoms with van der Waals surface area (Å²) in [5.41, 5.74) is 7.09. The number of hydrogen-bond donors (Lipinski definition) is 1. The Bertz CT molecular complexity index is 990. The lowest BCUT2D eigenvalue weighted by Gasteiger charge is -2.40. The molecule has 0 saturated carbocycles. The second-order valence-corrected chi connectivity index (χ2v) is 7.97. The first kappa shape index (κ1) is 19.3. The van der Waals surface area contributed by atoms with Crippen LogP contribution in [-0.4, -0.2) is 47.0 Å². The topological polar surface area (TPSA) is 85.5 Å². The number of amides is 2. The minimum atomic E-state index is -1.24. The molecule has 148 valence electrons. The van der Waals surface area contributed by atoms with E-state index < -0.39 is 11.5 Å². The van der Waals surface area contributed by atoms with Crippen molar-refractivity contribution in [1.82, 2.24) is 9.88 Å². The third-order valence-electron chi connectivity index (χ3n) is 5.10. The number of carbonyl (C=O) groups excluding carboxylic acids is 2. The highest BCUT2D eigenvalue weighted by Crippen LogP contribution is 2.28. The third kappa shape index (κ3) is 4.06. The lowest BCUT2D eigenvalue weighted by atomic mass is 9.91. The van der Waals surface area contributed by atoms with Crippen LogP contribution in [0.4, 0.5) is 0 Å². The summed E-state index contributed by atoms with van der Waals surface area (Å²) in [5, 5.41) is 2.04. The average Bonchev–Trinajstić information content (AvgIpc) is 3.29. The van der Waals surface area contributed by atoms with Crippen molar-refractivity contribution in [2.24, 2.45) is 5.73 Å². The number of carbonyl (C=O) groups is 2. The third-order valence-corrected chi connectivity index (χ3v) is 6.02. The Hall–Kier alpha value is -3.03. The predicted octanol–water partition coefficient (Wildman–Crippen LogP) is 2.75. The highest BCUT2D eigenvalue weighted by atomic mass is 32.1. The minimum absolute atomic E-state index is 0.121. The van der Waals surface area contributed by atoms with E-state index >= 15 is 0 Å². The summed E-state index contributed by atoms with van der Waals surface area (Å²) < 4.78 is 5.87. The normalized spacial score (nSPS) is 19.1. The molecule has 0 radical (unpaired) electrons. The van der Waals surface area contributed by atoms with Crippen LogP contribution in [0.2, 0.25) is 0 Å². The van der Waals surface area contributed by atoms with Crippen LogP contribution in [0.1, 0.15) is 15.9 Å². The molecule has 2 amide bonds. The van der Waals surface area contributed by atoms with E-state index in [1.807, 2.05) is 35.7 Å². The van der Waals surface area contributed by atoms with Crippen LogP contribution in [-0.2, 0) is 16.0 Å². The zero-order chi connectivity index (χ0) is 20.3. The smallest absolute Gasteiger partial charge is 0.254 e. The van der Waals surface area contributed by atoms with Crippen molar-refractivity contribution >= 4 is 23.2 Å². The second kappa shape index (κ2) is 8.14. The molecule has 0 aliphatic carbocycles. The fourth-order valence-electron chi connectivity index (χ4n) is 3.54. The summed E-state index contributed by atoms with van der Waals surface area (Å²) in [6, 6.07) is 15.4. The summed E-state index contributed by atoms with van der Waals surface area (Å²) >= 11 is 1.68. The fourth-order valence-corrected chi connectivity index (χ4v) is 4.27. The van der Waals surface area contributed by atoms with Crippen molar-refractivity contribution in [2.45, 2.75) is 12.0 Å². The molecule has 3 aromatic rings. The van der Waals surface area contributed by atoms with Crippen molar-refractivity contribution in [3.8, 4) is 10.4 Å². The number of primary amides is 1. The Morgan fingerprint density at radius 1 is 1.14 bits per heavy atom. The van der Waals surface area contributed by atoms with Gasteiger partial charge in [0, 0.05) is 35.8 Å². The Morgan fingerprint density at radius 2 is 1.90 bits per heavy atom. The van der Waals surface area contributed by atoms with Gasteiger partial charge in [-0.15, -0.1) is 11.3 Å². The molecule has 0 bridgehead atoms. The predicted molar refractivity (Wildman–Crippen MR) is 111 cm³/mol. The maximum Gasteiger partial charge on any atom is 0.254 e. The molecule has 6 nitrogen and oxygen atoms in total. The number of thiophene rings is 1. The number of hydrogen-bond acceptors (Lipinski definition) is 5. The Morgan fingerprint density at radius 3 is 2.55 bits per heavy atom. The molecule has 3 heterocycles. The number of morpholine rings is 1. The molecule has 7 heteroatoms. The van der Waals surface area contributed by atoms with Crippen molar-refractivity contribution in [3.05, 3.63) is 77.4 Å². The lowest BCUT2D eigenvalue weighted by Crippen LogP contribution is -2.61. The van der Waals surface area contributed by atoms with Gasteiger partial charge in [-0.2, -0.15) is 0 Å². The van der Waals surface area contributed by atoms with Crippen LogP contribution in [0.3, 0.4) is 0 Å². The molecule has 1 fully saturated rings. The molecule has 0 spiro atoms. The summed E-state index contributed by atoms with van der Waals surface area (Å²) in [5.74, 6) is -0.721.